The van der Waals surface area contributed by atoms with E-state index in [4.69, 9.17) is 10.5 Å². The van der Waals surface area contributed by atoms with Crippen molar-refractivity contribution in [3.63, 3.8) is 0 Å². The van der Waals surface area contributed by atoms with Gasteiger partial charge in [0.05, 0.1) is 6.61 Å². The molecule has 25 heavy (non-hydrogen) atoms. The normalized spacial score (nSPS) is 12.6. The van der Waals surface area contributed by atoms with Crippen LogP contribution in [0.1, 0.15) is 41.2 Å². The second-order valence-corrected chi connectivity index (χ2v) is 5.74. The molecule has 0 saturated carbocycles. The van der Waals surface area contributed by atoms with Gasteiger partial charge in [0.25, 0.3) is 0 Å². The zero-order chi connectivity index (χ0) is 18.3. The summed E-state index contributed by atoms with van der Waals surface area (Å²) in [6, 6.07) is 15.2. The van der Waals surface area contributed by atoms with Gasteiger partial charge in [-0.2, -0.15) is 13.2 Å². The number of nitrogens with two attached hydrogens (primary N) is 1. The summed E-state index contributed by atoms with van der Waals surface area (Å²) in [6.45, 7) is -0.00258. The highest BCUT2D eigenvalue weighted by atomic mass is 19.4. The highest BCUT2D eigenvalue weighted by molar-refractivity contribution is 5.96. The third kappa shape index (κ3) is 6.58. The van der Waals surface area contributed by atoms with Crippen LogP contribution in [0.25, 0.3) is 0 Å². The maximum atomic E-state index is 12.2. The van der Waals surface area contributed by atoms with Gasteiger partial charge in [-0.15, -0.1) is 0 Å². The van der Waals surface area contributed by atoms with Crippen molar-refractivity contribution in [2.24, 2.45) is 5.73 Å². The number of Topliss-reactive ketones (excluding diaryl/α,β-unsaturated/α-hetero) is 1. The van der Waals surface area contributed by atoms with Crippen LogP contribution in [-0.2, 0) is 0 Å². The first-order valence-electron chi connectivity index (χ1n) is 7.98. The molecule has 0 aromatic heterocycles. The van der Waals surface area contributed by atoms with Crippen molar-refractivity contribution in [2.45, 2.75) is 31.5 Å². The number of carbonyl (C=O) groups is 1. The largest absolute Gasteiger partial charge is 0.494 e. The first-order valence-corrected chi connectivity index (χ1v) is 7.98. The Balaban J connectivity index is 1.83. The Morgan fingerprint density at radius 3 is 2.28 bits per heavy atom. The van der Waals surface area contributed by atoms with Crippen molar-refractivity contribution in [3.05, 3.63) is 65.7 Å². The molecular formula is C19H20F3NO2. The Hall–Kier alpha value is -2.34. The van der Waals surface area contributed by atoms with E-state index in [1.807, 2.05) is 6.07 Å². The number of hydrogen-bond acceptors (Lipinski definition) is 3. The minimum atomic E-state index is -4.16. The Bertz CT molecular complexity index is 669. The zero-order valence-electron chi connectivity index (χ0n) is 13.6. The Morgan fingerprint density at radius 1 is 1.04 bits per heavy atom. The summed E-state index contributed by atoms with van der Waals surface area (Å²) in [4.78, 5) is 12.2. The molecule has 0 saturated heterocycles. The predicted molar refractivity (Wildman–Crippen MR) is 89.5 cm³/mol. The topological polar surface area (TPSA) is 52.3 Å². The predicted octanol–water partition coefficient (Wildman–Crippen LogP) is 4.68. The molecule has 3 nitrogen and oxygen atoms in total. The number of benzene rings is 2. The summed E-state index contributed by atoms with van der Waals surface area (Å²) in [7, 11) is 0. The van der Waals surface area contributed by atoms with Crippen LogP contribution in [0.2, 0.25) is 0 Å². The molecule has 2 aromatic rings. The third-order valence-corrected chi connectivity index (χ3v) is 3.68. The third-order valence-electron chi connectivity index (χ3n) is 3.68. The number of ether oxygens (including phenoxy) is 1. The van der Waals surface area contributed by atoms with E-state index in [-0.39, 0.29) is 25.2 Å². The summed E-state index contributed by atoms with van der Waals surface area (Å²) >= 11 is 0. The monoisotopic (exact) mass is 351 g/mol. The lowest BCUT2D eigenvalue weighted by Crippen LogP contribution is -2.15. The van der Waals surface area contributed by atoms with Gasteiger partial charge in [0, 0.05) is 24.4 Å². The molecule has 0 amide bonds. The first kappa shape index (κ1) is 19.0. The summed E-state index contributed by atoms with van der Waals surface area (Å²) in [5.41, 5.74) is 7.45. The summed E-state index contributed by atoms with van der Waals surface area (Å²) < 4.78 is 41.4. The highest BCUT2D eigenvalue weighted by Gasteiger charge is 2.26. The molecular weight excluding hydrogens is 331 g/mol. The van der Waals surface area contributed by atoms with E-state index in [9.17, 15) is 18.0 Å². The van der Waals surface area contributed by atoms with Gasteiger partial charge >= 0.3 is 6.18 Å². The van der Waals surface area contributed by atoms with Gasteiger partial charge in [-0.1, -0.05) is 42.5 Å². The first-order chi connectivity index (χ1) is 11.8. The molecule has 0 unspecified atom stereocenters. The Morgan fingerprint density at radius 2 is 1.68 bits per heavy atom. The van der Waals surface area contributed by atoms with Crippen molar-refractivity contribution in [1.82, 2.24) is 0 Å². The van der Waals surface area contributed by atoms with Gasteiger partial charge < -0.3 is 10.5 Å². The molecule has 134 valence electrons. The minimum absolute atomic E-state index is 0.00258. The van der Waals surface area contributed by atoms with E-state index in [1.165, 1.54) is 0 Å². The van der Waals surface area contributed by atoms with Crippen LogP contribution < -0.4 is 10.5 Å². The average Bonchev–Trinajstić information content (AvgIpc) is 2.59. The van der Waals surface area contributed by atoms with Crippen molar-refractivity contribution >= 4 is 5.78 Å². The SMILES string of the molecule is N[C@H](CC(=O)c1ccccc1)c1ccc(OCCCC(F)(F)F)cc1. The second kappa shape index (κ2) is 8.67. The molecule has 0 spiro atoms. The van der Waals surface area contributed by atoms with Crippen LogP contribution >= 0.6 is 0 Å². The summed E-state index contributed by atoms with van der Waals surface area (Å²) in [6.07, 6.45) is -4.94. The maximum absolute atomic E-state index is 12.2. The molecule has 0 fully saturated rings. The van der Waals surface area contributed by atoms with Gasteiger partial charge in [-0.25, -0.2) is 0 Å². The van der Waals surface area contributed by atoms with E-state index in [1.54, 1.807) is 48.5 Å². The lowest BCUT2D eigenvalue weighted by atomic mass is 9.99. The number of carbonyl (C=O) groups excluding carboxylic acids is 1. The van der Waals surface area contributed by atoms with Gasteiger partial charge in [-0.3, -0.25) is 4.79 Å². The van der Waals surface area contributed by atoms with Crippen LogP contribution in [-0.4, -0.2) is 18.6 Å². The molecule has 0 heterocycles. The van der Waals surface area contributed by atoms with Crippen LogP contribution in [0.15, 0.2) is 54.6 Å². The summed E-state index contributed by atoms with van der Waals surface area (Å²) in [5.74, 6) is 0.438. The van der Waals surface area contributed by atoms with E-state index in [0.29, 0.717) is 11.3 Å². The number of rotatable bonds is 8. The van der Waals surface area contributed by atoms with Crippen molar-refractivity contribution in [1.29, 1.82) is 0 Å². The quantitative estimate of drug-likeness (QED) is 0.555. The van der Waals surface area contributed by atoms with E-state index in [2.05, 4.69) is 0 Å². The Kier molecular flexibility index (Phi) is 6.58. The zero-order valence-corrected chi connectivity index (χ0v) is 13.6. The van der Waals surface area contributed by atoms with Crippen LogP contribution in [0.3, 0.4) is 0 Å². The maximum Gasteiger partial charge on any atom is 0.389 e. The average molecular weight is 351 g/mol. The van der Waals surface area contributed by atoms with E-state index >= 15 is 0 Å². The molecule has 0 aliphatic heterocycles. The molecule has 0 aliphatic rings. The number of alkyl halides is 3. The fraction of sp³-hybridized carbons (Fsp3) is 0.316. The number of ketones is 1. The molecule has 1 atom stereocenters. The lowest BCUT2D eigenvalue weighted by molar-refractivity contribution is -0.136. The molecule has 6 heteroatoms. The minimum Gasteiger partial charge on any atom is -0.494 e. The number of halogens is 3. The fourth-order valence-corrected chi connectivity index (χ4v) is 2.33. The smallest absolute Gasteiger partial charge is 0.389 e. The fourth-order valence-electron chi connectivity index (χ4n) is 2.33. The molecule has 0 bridgehead atoms. The summed E-state index contributed by atoms with van der Waals surface area (Å²) in [5, 5.41) is 0. The van der Waals surface area contributed by atoms with Crippen LogP contribution in [0.4, 0.5) is 13.2 Å². The van der Waals surface area contributed by atoms with Crippen LogP contribution in [0, 0.1) is 0 Å². The van der Waals surface area contributed by atoms with Crippen molar-refractivity contribution in [2.75, 3.05) is 6.61 Å². The van der Waals surface area contributed by atoms with Crippen molar-refractivity contribution < 1.29 is 22.7 Å². The van der Waals surface area contributed by atoms with Gasteiger partial charge in [-0.05, 0) is 24.1 Å². The molecule has 2 rings (SSSR count). The second-order valence-electron chi connectivity index (χ2n) is 5.74. The standard InChI is InChI=1S/C19H20F3NO2/c20-19(21,22)11-4-12-25-16-9-7-14(8-10-16)17(23)13-18(24)15-5-2-1-3-6-15/h1-3,5-10,17H,4,11-13,23H2/t17-/m1/s1. The molecule has 2 aromatic carbocycles. The van der Waals surface area contributed by atoms with Gasteiger partial charge in [0.15, 0.2) is 5.78 Å². The Labute approximate surface area is 144 Å². The van der Waals surface area contributed by atoms with E-state index < -0.39 is 18.6 Å². The molecule has 0 radical (unpaired) electrons. The highest BCUT2D eigenvalue weighted by Crippen LogP contribution is 2.23. The van der Waals surface area contributed by atoms with Crippen LogP contribution in [0.5, 0.6) is 5.75 Å². The number of hydrogen-bond donors (Lipinski definition) is 1. The molecule has 2 N–H and O–H groups in total. The van der Waals surface area contributed by atoms with Gasteiger partial charge in [0.1, 0.15) is 5.75 Å². The lowest BCUT2D eigenvalue weighted by Gasteiger charge is -2.13. The van der Waals surface area contributed by atoms with Crippen molar-refractivity contribution in [3.8, 4) is 5.75 Å². The van der Waals surface area contributed by atoms with Gasteiger partial charge in [0.2, 0.25) is 0 Å². The molecule has 0 aliphatic carbocycles. The van der Waals surface area contributed by atoms with E-state index in [0.717, 1.165) is 5.56 Å².